The van der Waals surface area contributed by atoms with E-state index >= 15 is 0 Å². The first-order valence-corrected chi connectivity index (χ1v) is 25.6. The third kappa shape index (κ3) is 16.0. The van der Waals surface area contributed by atoms with Crippen LogP contribution in [0.15, 0.2) is 23.8 Å². The Bertz CT molecular complexity index is 2210. The number of anilines is 2. The summed E-state index contributed by atoms with van der Waals surface area (Å²) in [5.74, 6) is -0.201. The molecule has 0 bridgehead atoms. The molecule has 10 N–H and O–H groups in total. The third-order valence-corrected chi connectivity index (χ3v) is 12.8. The number of aliphatic hydroxyl groups excluding tert-OH is 2. The summed E-state index contributed by atoms with van der Waals surface area (Å²) in [6, 6.07) is 0. The quantitative estimate of drug-likeness (QED) is 0.0579. The third-order valence-electron chi connectivity index (χ3n) is 11.4. The highest BCUT2D eigenvalue weighted by Gasteiger charge is 2.52. The van der Waals surface area contributed by atoms with Crippen molar-refractivity contribution in [1.82, 2.24) is 53.7 Å². The topological polar surface area (TPSA) is 360 Å². The number of hydrogen-bond donors (Lipinski definition) is 8. The van der Waals surface area contributed by atoms with E-state index in [-0.39, 0.29) is 34.1 Å². The predicted octanol–water partition coefficient (Wildman–Crippen LogP) is 1.31. The summed E-state index contributed by atoms with van der Waals surface area (Å²) in [4.78, 5) is 70.8. The molecule has 6 heterocycles. The minimum atomic E-state index is -5.13. The van der Waals surface area contributed by atoms with Crippen LogP contribution in [0.3, 0.4) is 0 Å². The fourth-order valence-electron chi connectivity index (χ4n) is 7.26. The van der Waals surface area contributed by atoms with Crippen LogP contribution in [0, 0.1) is 0 Å². The summed E-state index contributed by atoms with van der Waals surface area (Å²) in [5.41, 5.74) is 11.0. The van der Waals surface area contributed by atoms with Crippen LogP contribution in [0.5, 0.6) is 0 Å². The Morgan fingerprint density at radius 1 is 0.676 bits per heavy atom. The van der Waals surface area contributed by atoms with Crippen LogP contribution < -0.4 is 17.0 Å². The molecule has 1 unspecified atom stereocenters. The summed E-state index contributed by atoms with van der Waals surface area (Å²) in [5, 5.41) is 21.3. The number of aromatic amines is 1. The van der Waals surface area contributed by atoms with E-state index in [0.717, 1.165) is 17.2 Å². The van der Waals surface area contributed by atoms with Crippen LogP contribution in [-0.2, 0) is 36.9 Å². The first-order valence-electron chi connectivity index (χ1n) is 22.6. The SMILES string of the molecule is CCN(CC)CC.CCN(CC)CC.CCN(CC)CC.CO[C@@H]1[C@H](OP(=O)(O)OC[C@H]2O[C@@H](n3cnc4c(=O)[nH]c(N)nc43)[C@H](O)[C@@H]2O)[C@@H](COP(=O)(O)O)O[C@H]1n1cnc2c(N)ncnc21. The lowest BCUT2D eigenvalue weighted by molar-refractivity contribution is -0.0582. The molecule has 4 aromatic rings. The van der Waals surface area contributed by atoms with E-state index in [9.17, 15) is 38.8 Å². The number of aliphatic hydroxyl groups is 2. The van der Waals surface area contributed by atoms with Crippen molar-refractivity contribution in [1.29, 1.82) is 0 Å². The Balaban J connectivity index is 0.000000485. The maximum Gasteiger partial charge on any atom is 0.472 e. The number of phosphoric acid groups is 2. The van der Waals surface area contributed by atoms with E-state index in [1.807, 2.05) is 0 Å². The maximum atomic E-state index is 13.2. The number of aromatic nitrogens is 8. The Labute approximate surface area is 395 Å². The Kier molecular flexibility index (Phi) is 23.9. The van der Waals surface area contributed by atoms with Gasteiger partial charge < -0.3 is 65.3 Å². The summed E-state index contributed by atoms with van der Waals surface area (Å²) >= 11 is 0. The number of imidazole rings is 2. The van der Waals surface area contributed by atoms with Crippen molar-refractivity contribution in [2.75, 3.05) is 90.7 Å². The number of methoxy groups -OCH3 is 1. The van der Waals surface area contributed by atoms with E-state index in [1.165, 1.54) is 76.9 Å². The van der Waals surface area contributed by atoms with Crippen molar-refractivity contribution in [3.63, 3.8) is 0 Å². The van der Waals surface area contributed by atoms with Crippen LogP contribution in [0.25, 0.3) is 22.3 Å². The molecule has 6 rings (SSSR count). The van der Waals surface area contributed by atoms with Gasteiger partial charge in [0.2, 0.25) is 5.95 Å². The Hall–Kier alpha value is -3.60. The number of phosphoric ester groups is 2. The molecule has 0 spiro atoms. The highest BCUT2D eigenvalue weighted by atomic mass is 31.2. The van der Waals surface area contributed by atoms with Gasteiger partial charge in [-0.3, -0.25) is 32.5 Å². The number of fused-ring (bicyclic) bond motifs is 2. The zero-order chi connectivity index (χ0) is 50.9. The number of H-pyrrole nitrogens is 1. The van der Waals surface area contributed by atoms with Gasteiger partial charge in [-0.25, -0.2) is 29.1 Å². The lowest BCUT2D eigenvalue weighted by atomic mass is 10.1. The van der Waals surface area contributed by atoms with Gasteiger partial charge in [0, 0.05) is 7.11 Å². The fraction of sp³-hybridized carbons (Fsp3) is 0.744. The second-order valence-corrected chi connectivity index (χ2v) is 17.8. The summed E-state index contributed by atoms with van der Waals surface area (Å²) in [7, 11) is -8.95. The minimum Gasteiger partial charge on any atom is -0.387 e. The lowest BCUT2D eigenvalue weighted by Crippen LogP contribution is -2.38. The molecular weight excluding hydrogens is 936 g/mol. The highest BCUT2D eigenvalue weighted by molar-refractivity contribution is 7.47. The van der Waals surface area contributed by atoms with E-state index < -0.39 is 83.5 Å². The van der Waals surface area contributed by atoms with Crippen molar-refractivity contribution in [3.05, 3.63) is 29.3 Å². The van der Waals surface area contributed by atoms with Gasteiger partial charge in [-0.1, -0.05) is 62.3 Å². The second kappa shape index (κ2) is 27.7. The van der Waals surface area contributed by atoms with Gasteiger partial charge in [-0.2, -0.15) is 4.98 Å². The molecule has 2 aliphatic heterocycles. The average Bonchev–Trinajstić information content (AvgIpc) is 4.08. The molecule has 27 nitrogen and oxygen atoms in total. The molecular formula is C39H73N13O14P2. The minimum absolute atomic E-state index is 0.0436. The van der Waals surface area contributed by atoms with E-state index in [1.54, 1.807) is 0 Å². The van der Waals surface area contributed by atoms with Gasteiger partial charge >= 0.3 is 15.6 Å². The van der Waals surface area contributed by atoms with Crippen molar-refractivity contribution >= 4 is 49.7 Å². The molecule has 0 aromatic carbocycles. The van der Waals surface area contributed by atoms with Gasteiger partial charge in [0.1, 0.15) is 48.5 Å². The zero-order valence-corrected chi connectivity index (χ0v) is 42.3. The van der Waals surface area contributed by atoms with Crippen LogP contribution in [0.1, 0.15) is 74.8 Å². The predicted molar refractivity (Wildman–Crippen MR) is 252 cm³/mol. The van der Waals surface area contributed by atoms with Gasteiger partial charge in [-0.05, 0) is 58.9 Å². The molecule has 2 aliphatic rings. The maximum absolute atomic E-state index is 13.2. The molecule has 2 fully saturated rings. The highest BCUT2D eigenvalue weighted by Crippen LogP contribution is 2.50. The van der Waals surface area contributed by atoms with Gasteiger partial charge in [0.25, 0.3) is 5.56 Å². The number of nitrogens with two attached hydrogens (primary N) is 2. The fourth-order valence-corrected chi connectivity index (χ4v) is 8.56. The standard InChI is InChI=1S/C21H28N10O14P2.3C6H15N/c1-40-14-13(8(3-41-46(35,36)37)44-20(14)30-5-26-9-15(22)24-4-25-16(9)30)45-47(38,39)42-2-7-11(32)12(33)19(43-7)31-6-27-10-17(31)28-21(23)29-18(10)34;3*1-4-7(5-2)6-3/h4-8,11-14,19-20,32-33H,2-3H2,1H3,(H,38,39)(H2,22,24,25)(H2,35,36,37)(H3,23,28,29,34);3*4-6H2,1-3H3/t7-,8-,11-,12-,13-,14-,19-,20-;;;/m1.../s1. The monoisotopic (exact) mass is 1010 g/mol. The van der Waals surface area contributed by atoms with E-state index in [4.69, 9.17) is 34.7 Å². The van der Waals surface area contributed by atoms with E-state index in [2.05, 4.69) is 111 Å². The zero-order valence-electron chi connectivity index (χ0n) is 40.6. The molecule has 388 valence electrons. The van der Waals surface area contributed by atoms with Crippen LogP contribution >= 0.6 is 15.6 Å². The summed E-state index contributed by atoms with van der Waals surface area (Å²) in [6.45, 7) is 28.7. The molecule has 2 saturated heterocycles. The molecule has 0 radical (unpaired) electrons. The van der Waals surface area contributed by atoms with Crippen LogP contribution in [0.4, 0.5) is 11.8 Å². The first-order chi connectivity index (χ1) is 32.2. The Morgan fingerprint density at radius 3 is 1.65 bits per heavy atom. The van der Waals surface area contributed by atoms with Gasteiger partial charge in [0.15, 0.2) is 35.1 Å². The van der Waals surface area contributed by atoms with Gasteiger partial charge in [0.05, 0.1) is 25.9 Å². The molecule has 68 heavy (non-hydrogen) atoms. The second-order valence-electron chi connectivity index (χ2n) is 15.1. The largest absolute Gasteiger partial charge is 0.472 e. The lowest BCUT2D eigenvalue weighted by Gasteiger charge is -2.26. The summed E-state index contributed by atoms with van der Waals surface area (Å²) < 4.78 is 59.3. The van der Waals surface area contributed by atoms with Crippen LogP contribution in [-0.4, -0.2) is 194 Å². The number of nitrogens with zero attached hydrogens (tertiary/aromatic N) is 10. The van der Waals surface area contributed by atoms with Crippen molar-refractivity contribution in [2.45, 2.75) is 111 Å². The number of nitrogens with one attached hydrogen (secondary N) is 1. The molecule has 0 saturated carbocycles. The number of hydrogen-bond acceptors (Lipinski definition) is 21. The summed E-state index contributed by atoms with van der Waals surface area (Å²) in [6.07, 6.45) is -7.99. The first kappa shape index (κ1) is 58.7. The van der Waals surface area contributed by atoms with Gasteiger partial charge in [-0.15, -0.1) is 0 Å². The number of ether oxygens (including phenoxy) is 3. The molecule has 29 heteroatoms. The normalized spacial score (nSPS) is 23.6. The average molecular weight is 1010 g/mol. The van der Waals surface area contributed by atoms with E-state index in [0.29, 0.717) is 0 Å². The number of rotatable bonds is 20. The smallest absolute Gasteiger partial charge is 0.387 e. The van der Waals surface area contributed by atoms with Crippen LogP contribution in [0.2, 0.25) is 0 Å². The molecule has 9 atom stereocenters. The van der Waals surface area contributed by atoms with Crippen molar-refractivity contribution < 1.29 is 61.8 Å². The molecule has 0 amide bonds. The van der Waals surface area contributed by atoms with Crippen molar-refractivity contribution in [2.24, 2.45) is 0 Å². The number of nitrogen functional groups attached to an aromatic ring is 2. The molecule has 0 aliphatic carbocycles. The van der Waals surface area contributed by atoms with Crippen molar-refractivity contribution in [3.8, 4) is 0 Å². The Morgan fingerprint density at radius 2 is 1.16 bits per heavy atom. The molecule has 4 aromatic heterocycles.